The number of hydrogen-bond acceptors (Lipinski definition) is 4. The Labute approximate surface area is 136 Å². The highest BCUT2D eigenvalue weighted by atomic mass is 32.2. The summed E-state index contributed by atoms with van der Waals surface area (Å²) in [7, 11) is -3.47. The molecule has 0 aliphatic rings. The second-order valence-electron chi connectivity index (χ2n) is 5.52. The predicted octanol–water partition coefficient (Wildman–Crippen LogP) is 1.63. The minimum atomic E-state index is -3.47. The number of rotatable bonds is 5. The van der Waals surface area contributed by atoms with E-state index >= 15 is 0 Å². The Morgan fingerprint density at radius 2 is 1.65 bits per heavy atom. The lowest BCUT2D eigenvalue weighted by Gasteiger charge is -2.23. The van der Waals surface area contributed by atoms with E-state index in [4.69, 9.17) is 0 Å². The molecule has 2 aromatic rings. The van der Waals surface area contributed by atoms with Crippen molar-refractivity contribution in [2.75, 3.05) is 10.6 Å². The lowest BCUT2D eigenvalue weighted by Crippen LogP contribution is -2.29. The van der Waals surface area contributed by atoms with Crippen molar-refractivity contribution in [3.05, 3.63) is 64.7 Å². The van der Waals surface area contributed by atoms with E-state index in [1.807, 2.05) is 26.0 Å². The van der Waals surface area contributed by atoms with Gasteiger partial charge in [0, 0.05) is 0 Å². The van der Waals surface area contributed by atoms with E-state index in [1.54, 1.807) is 18.2 Å². The summed E-state index contributed by atoms with van der Waals surface area (Å²) in [5.41, 5.74) is 3.42. The van der Waals surface area contributed by atoms with Gasteiger partial charge < -0.3 is 9.90 Å². The Hall–Kier alpha value is -2.34. The molecule has 6 heteroatoms. The summed E-state index contributed by atoms with van der Waals surface area (Å²) in [5, 5.41) is 10.8. The summed E-state index contributed by atoms with van der Waals surface area (Å²) >= 11 is 0. The fraction of sp³-hybridized carbons (Fsp3) is 0.235. The van der Waals surface area contributed by atoms with E-state index in [9.17, 15) is 18.3 Å². The molecule has 0 aromatic heterocycles. The van der Waals surface area contributed by atoms with Gasteiger partial charge in [0.1, 0.15) is 0 Å². The number of carbonyl (C=O) groups is 1. The highest BCUT2D eigenvalue weighted by Crippen LogP contribution is 2.23. The number of carboxylic acid groups (broad SMARTS) is 1. The van der Waals surface area contributed by atoms with Crippen molar-refractivity contribution in [2.45, 2.75) is 20.4 Å². The van der Waals surface area contributed by atoms with Crippen LogP contribution in [0, 0.1) is 13.8 Å². The van der Waals surface area contributed by atoms with Crippen LogP contribution in [0.4, 0.5) is 5.69 Å². The SMILES string of the molecule is Cc1ccc(N(Cc2ccc(C(=O)[O-])cc2)S(C)(=O)=O)cc1C. The summed E-state index contributed by atoms with van der Waals surface area (Å²) in [6.45, 7) is 4.02. The van der Waals surface area contributed by atoms with E-state index in [-0.39, 0.29) is 12.1 Å². The van der Waals surface area contributed by atoms with E-state index in [0.717, 1.165) is 17.4 Å². The molecule has 0 unspecified atom stereocenters. The molecule has 2 aromatic carbocycles. The maximum atomic E-state index is 12.1. The number of aryl methyl sites for hydroxylation is 2. The molecule has 23 heavy (non-hydrogen) atoms. The zero-order valence-electron chi connectivity index (χ0n) is 13.2. The van der Waals surface area contributed by atoms with Gasteiger partial charge in [-0.1, -0.05) is 30.3 Å². The molecule has 0 heterocycles. The molecule has 0 N–H and O–H groups in total. The first-order chi connectivity index (χ1) is 10.7. The van der Waals surface area contributed by atoms with Gasteiger partial charge in [-0.3, -0.25) is 4.31 Å². The molecule has 0 spiro atoms. The van der Waals surface area contributed by atoms with Gasteiger partial charge >= 0.3 is 0 Å². The molecule has 0 saturated heterocycles. The lowest BCUT2D eigenvalue weighted by molar-refractivity contribution is -0.255. The van der Waals surface area contributed by atoms with Crippen LogP contribution in [-0.4, -0.2) is 20.6 Å². The smallest absolute Gasteiger partial charge is 0.232 e. The third-order valence-electron chi connectivity index (χ3n) is 3.69. The first-order valence-electron chi connectivity index (χ1n) is 7.04. The molecule has 0 saturated carbocycles. The van der Waals surface area contributed by atoms with E-state index < -0.39 is 16.0 Å². The predicted molar refractivity (Wildman–Crippen MR) is 87.7 cm³/mol. The van der Waals surface area contributed by atoms with E-state index in [0.29, 0.717) is 11.3 Å². The zero-order chi connectivity index (χ0) is 17.2. The van der Waals surface area contributed by atoms with Crippen molar-refractivity contribution in [3.8, 4) is 0 Å². The monoisotopic (exact) mass is 332 g/mol. The Balaban J connectivity index is 2.36. The van der Waals surface area contributed by atoms with E-state index in [1.165, 1.54) is 16.4 Å². The van der Waals surface area contributed by atoms with Crippen molar-refractivity contribution in [1.82, 2.24) is 0 Å². The molecule has 0 fully saturated rings. The van der Waals surface area contributed by atoms with Crippen LogP contribution < -0.4 is 9.41 Å². The summed E-state index contributed by atoms with van der Waals surface area (Å²) in [5.74, 6) is -1.26. The lowest BCUT2D eigenvalue weighted by atomic mass is 10.1. The summed E-state index contributed by atoms with van der Waals surface area (Å²) in [4.78, 5) is 10.8. The number of carboxylic acids is 1. The largest absolute Gasteiger partial charge is 0.545 e. The standard InChI is InChI=1S/C17H19NO4S/c1-12-4-9-16(10-13(12)2)18(23(3,21)22)11-14-5-7-15(8-6-14)17(19)20/h4-10H,11H2,1-3H3,(H,19,20)/p-1. The molecule has 0 aliphatic carbocycles. The molecular weight excluding hydrogens is 314 g/mol. The summed E-state index contributed by atoms with van der Waals surface area (Å²) in [6.07, 6.45) is 1.15. The fourth-order valence-electron chi connectivity index (χ4n) is 2.19. The maximum Gasteiger partial charge on any atom is 0.232 e. The molecule has 0 bridgehead atoms. The van der Waals surface area contributed by atoms with Crippen molar-refractivity contribution in [2.24, 2.45) is 0 Å². The van der Waals surface area contributed by atoms with Crippen LogP contribution in [0.5, 0.6) is 0 Å². The third-order valence-corrected chi connectivity index (χ3v) is 4.84. The Morgan fingerprint density at radius 3 is 2.13 bits per heavy atom. The van der Waals surface area contributed by atoms with Crippen molar-refractivity contribution in [3.63, 3.8) is 0 Å². The minimum absolute atomic E-state index is 0.0610. The van der Waals surface area contributed by atoms with Crippen LogP contribution in [0.2, 0.25) is 0 Å². The highest BCUT2D eigenvalue weighted by Gasteiger charge is 2.18. The second-order valence-corrected chi connectivity index (χ2v) is 7.43. The van der Waals surface area contributed by atoms with Crippen LogP contribution in [0.15, 0.2) is 42.5 Å². The molecular formula is C17H18NO4S-. The van der Waals surface area contributed by atoms with Gasteiger partial charge in [-0.15, -0.1) is 0 Å². The maximum absolute atomic E-state index is 12.1. The van der Waals surface area contributed by atoms with Gasteiger partial charge in [0.2, 0.25) is 10.0 Å². The normalized spacial score (nSPS) is 11.3. The van der Waals surface area contributed by atoms with Gasteiger partial charge in [-0.2, -0.15) is 0 Å². The Kier molecular flexibility index (Phi) is 4.75. The summed E-state index contributed by atoms with van der Waals surface area (Å²) < 4.78 is 25.6. The minimum Gasteiger partial charge on any atom is -0.545 e. The number of anilines is 1. The summed E-state index contributed by atoms with van der Waals surface area (Å²) in [6, 6.07) is 11.5. The van der Waals surface area contributed by atoms with Crippen LogP contribution in [0.1, 0.15) is 27.0 Å². The Bertz CT molecular complexity index is 826. The zero-order valence-corrected chi connectivity index (χ0v) is 14.1. The van der Waals surface area contributed by atoms with Crippen molar-refractivity contribution in [1.29, 1.82) is 0 Å². The molecule has 2 rings (SSSR count). The number of carbonyl (C=O) groups excluding carboxylic acids is 1. The third kappa shape index (κ3) is 4.10. The van der Waals surface area contributed by atoms with Crippen LogP contribution in [-0.2, 0) is 16.6 Å². The van der Waals surface area contributed by atoms with Gasteiger partial charge in [-0.05, 0) is 48.2 Å². The van der Waals surface area contributed by atoms with Gasteiger partial charge in [-0.25, -0.2) is 8.42 Å². The fourth-order valence-corrected chi connectivity index (χ4v) is 3.07. The second kappa shape index (κ2) is 6.42. The highest BCUT2D eigenvalue weighted by molar-refractivity contribution is 7.92. The Morgan fingerprint density at radius 1 is 1.04 bits per heavy atom. The topological polar surface area (TPSA) is 77.5 Å². The number of aromatic carboxylic acids is 1. The first kappa shape index (κ1) is 17.0. The number of nitrogens with zero attached hydrogens (tertiary/aromatic N) is 1. The van der Waals surface area contributed by atoms with Gasteiger partial charge in [0.25, 0.3) is 0 Å². The van der Waals surface area contributed by atoms with Gasteiger partial charge in [0.05, 0.1) is 24.5 Å². The number of sulfonamides is 1. The molecule has 0 radical (unpaired) electrons. The van der Waals surface area contributed by atoms with Crippen LogP contribution >= 0.6 is 0 Å². The quantitative estimate of drug-likeness (QED) is 0.834. The van der Waals surface area contributed by atoms with Crippen LogP contribution in [0.3, 0.4) is 0 Å². The molecule has 122 valence electrons. The van der Waals surface area contributed by atoms with Crippen molar-refractivity contribution >= 4 is 21.7 Å². The molecule has 0 amide bonds. The first-order valence-corrected chi connectivity index (χ1v) is 8.88. The average Bonchev–Trinajstić information content (AvgIpc) is 2.47. The van der Waals surface area contributed by atoms with Gasteiger partial charge in [0.15, 0.2) is 0 Å². The average molecular weight is 332 g/mol. The van der Waals surface area contributed by atoms with E-state index in [2.05, 4.69) is 0 Å². The molecule has 5 nitrogen and oxygen atoms in total. The molecule has 0 atom stereocenters. The molecule has 0 aliphatic heterocycles. The van der Waals surface area contributed by atoms with Crippen LogP contribution in [0.25, 0.3) is 0 Å². The number of benzene rings is 2. The van der Waals surface area contributed by atoms with Crippen molar-refractivity contribution < 1.29 is 18.3 Å². The number of hydrogen-bond donors (Lipinski definition) is 0.